The van der Waals surface area contributed by atoms with Crippen molar-refractivity contribution in [1.82, 2.24) is 9.80 Å². The van der Waals surface area contributed by atoms with Gasteiger partial charge in [-0.15, -0.1) is 0 Å². The highest BCUT2D eigenvalue weighted by Gasteiger charge is 2.47. The molecule has 2 atom stereocenters. The molecule has 12 heteroatoms. The standard InChI is InChI=1S/C20H21F3N4O4S/c21-12-7-15(22)19(16(23)8-12)27-18-4-2-1-3-17(18)26(32(27,30)31)6-5-24-10-14-9-13(24)11-25(14)20(28)29/h1-4,7-8,13-14,30-31H,5-6,9-11H2,(H,28,29)/t13-,14-/m0/s1. The smallest absolute Gasteiger partial charge is 0.407 e. The second kappa shape index (κ2) is 7.44. The molecular formula is C20H21F3N4O4S. The van der Waals surface area contributed by atoms with E-state index in [1.807, 2.05) is 0 Å². The SMILES string of the molecule is O=C(O)N1C[C@@H]2C[C@H]1CN2CCN1c2ccccc2N(c2c(F)cc(F)cc2F)S1(O)O. The summed E-state index contributed by atoms with van der Waals surface area (Å²) >= 11 is 0. The molecule has 1 amide bonds. The number of anilines is 3. The molecule has 0 saturated carbocycles. The first-order valence-electron chi connectivity index (χ1n) is 10.0. The van der Waals surface area contributed by atoms with Crippen molar-refractivity contribution >= 4 is 34.1 Å². The lowest BCUT2D eigenvalue weighted by atomic mass is 10.2. The fourth-order valence-electron chi connectivity index (χ4n) is 4.90. The maximum Gasteiger partial charge on any atom is 0.407 e. The minimum Gasteiger partial charge on any atom is -0.465 e. The number of fused-ring (bicyclic) bond motifs is 3. The molecule has 32 heavy (non-hydrogen) atoms. The fraction of sp³-hybridized carbons (Fsp3) is 0.350. The van der Waals surface area contributed by atoms with E-state index >= 15 is 0 Å². The Labute approximate surface area is 183 Å². The first-order valence-corrected chi connectivity index (χ1v) is 11.5. The van der Waals surface area contributed by atoms with Crippen LogP contribution in [0.2, 0.25) is 0 Å². The van der Waals surface area contributed by atoms with Crippen LogP contribution in [0.1, 0.15) is 6.42 Å². The summed E-state index contributed by atoms with van der Waals surface area (Å²) < 4.78 is 66.8. The average molecular weight is 470 g/mol. The lowest BCUT2D eigenvalue weighted by Crippen LogP contribution is -2.50. The van der Waals surface area contributed by atoms with Crippen molar-refractivity contribution in [2.24, 2.45) is 0 Å². The zero-order valence-corrected chi connectivity index (χ0v) is 17.6. The van der Waals surface area contributed by atoms with E-state index in [4.69, 9.17) is 0 Å². The van der Waals surface area contributed by atoms with Gasteiger partial charge in [0.25, 0.3) is 0 Å². The van der Waals surface area contributed by atoms with Gasteiger partial charge in [-0.3, -0.25) is 18.3 Å². The second-order valence-electron chi connectivity index (χ2n) is 8.07. The van der Waals surface area contributed by atoms with Gasteiger partial charge >= 0.3 is 6.09 Å². The van der Waals surface area contributed by atoms with E-state index in [0.29, 0.717) is 37.5 Å². The van der Waals surface area contributed by atoms with Crippen molar-refractivity contribution in [2.45, 2.75) is 18.5 Å². The third kappa shape index (κ3) is 3.17. The minimum atomic E-state index is -3.89. The van der Waals surface area contributed by atoms with Crippen LogP contribution < -0.4 is 8.61 Å². The highest BCUT2D eigenvalue weighted by molar-refractivity contribution is 8.27. The normalized spacial score (nSPS) is 24.8. The Kier molecular flexibility index (Phi) is 4.93. The van der Waals surface area contributed by atoms with Crippen LogP contribution in [0.25, 0.3) is 0 Å². The Morgan fingerprint density at radius 2 is 1.66 bits per heavy atom. The molecule has 0 aromatic heterocycles. The van der Waals surface area contributed by atoms with Crippen molar-refractivity contribution in [3.8, 4) is 0 Å². The number of carbonyl (C=O) groups is 1. The summed E-state index contributed by atoms with van der Waals surface area (Å²) in [5.41, 5.74) is -0.164. The number of piperazine rings is 1. The average Bonchev–Trinajstić information content (AvgIpc) is 3.36. The summed E-state index contributed by atoms with van der Waals surface area (Å²) in [7, 11) is -3.89. The molecule has 3 aliphatic heterocycles. The first kappa shape index (κ1) is 21.2. The van der Waals surface area contributed by atoms with Crippen LogP contribution in [0.5, 0.6) is 0 Å². The molecular weight excluding hydrogens is 449 g/mol. The molecule has 2 bridgehead atoms. The lowest BCUT2D eigenvalue weighted by molar-refractivity contribution is 0.104. The summed E-state index contributed by atoms with van der Waals surface area (Å²) in [5, 5.41) is 9.25. The third-order valence-electron chi connectivity index (χ3n) is 6.28. The maximum absolute atomic E-state index is 14.6. The molecule has 3 N–H and O–H groups in total. The van der Waals surface area contributed by atoms with Gasteiger partial charge in [-0.2, -0.15) is 0 Å². The second-order valence-corrected chi connectivity index (χ2v) is 9.85. The van der Waals surface area contributed by atoms with Crippen molar-refractivity contribution in [3.05, 3.63) is 53.8 Å². The topological polar surface area (TPSA) is 90.7 Å². The Bertz CT molecular complexity index is 1070. The lowest BCUT2D eigenvalue weighted by Gasteiger charge is -2.44. The van der Waals surface area contributed by atoms with Crippen LogP contribution in [-0.2, 0) is 0 Å². The van der Waals surface area contributed by atoms with Gasteiger partial charge in [0.05, 0.1) is 17.9 Å². The van der Waals surface area contributed by atoms with E-state index < -0.39 is 40.2 Å². The quantitative estimate of drug-likeness (QED) is 0.620. The fourth-order valence-corrected chi connectivity index (χ4v) is 6.68. The zero-order chi connectivity index (χ0) is 22.8. The predicted molar refractivity (Wildman–Crippen MR) is 114 cm³/mol. The van der Waals surface area contributed by atoms with Crippen molar-refractivity contribution in [3.63, 3.8) is 0 Å². The molecule has 3 aliphatic rings. The summed E-state index contributed by atoms with van der Waals surface area (Å²) in [6.07, 6.45) is -0.226. The van der Waals surface area contributed by atoms with Crippen molar-refractivity contribution < 1.29 is 32.2 Å². The van der Waals surface area contributed by atoms with Gasteiger partial charge < -0.3 is 10.0 Å². The van der Waals surface area contributed by atoms with Gasteiger partial charge in [-0.25, -0.2) is 22.3 Å². The first-order chi connectivity index (χ1) is 15.2. The molecule has 0 unspecified atom stereocenters. The number of para-hydroxylation sites is 2. The monoisotopic (exact) mass is 470 g/mol. The number of hydrogen-bond donors (Lipinski definition) is 3. The zero-order valence-electron chi connectivity index (χ0n) is 16.7. The molecule has 0 spiro atoms. The number of halogens is 3. The number of carboxylic acid groups (broad SMARTS) is 1. The molecule has 0 aliphatic carbocycles. The molecule has 5 rings (SSSR count). The van der Waals surface area contributed by atoms with Crippen LogP contribution in [0, 0.1) is 17.5 Å². The molecule has 2 aromatic rings. The molecule has 3 heterocycles. The summed E-state index contributed by atoms with van der Waals surface area (Å²) in [5.74, 6) is -3.60. The molecule has 2 fully saturated rings. The third-order valence-corrected chi connectivity index (χ3v) is 8.12. The molecule has 0 radical (unpaired) electrons. The Morgan fingerprint density at radius 1 is 1.00 bits per heavy atom. The van der Waals surface area contributed by atoms with Gasteiger partial charge in [0.2, 0.25) is 0 Å². The summed E-state index contributed by atoms with van der Waals surface area (Å²) in [6, 6.07) is 7.33. The van der Waals surface area contributed by atoms with E-state index in [9.17, 15) is 32.2 Å². The largest absolute Gasteiger partial charge is 0.465 e. The van der Waals surface area contributed by atoms with E-state index in [0.717, 1.165) is 10.7 Å². The molecule has 8 nitrogen and oxygen atoms in total. The van der Waals surface area contributed by atoms with Gasteiger partial charge in [-0.1, -0.05) is 12.1 Å². The van der Waals surface area contributed by atoms with E-state index in [-0.39, 0.29) is 24.3 Å². The highest BCUT2D eigenvalue weighted by atomic mass is 32.3. The Balaban J connectivity index is 1.42. The number of amides is 1. The van der Waals surface area contributed by atoms with Gasteiger partial charge in [0, 0.05) is 43.9 Å². The number of benzene rings is 2. The van der Waals surface area contributed by atoms with Crippen molar-refractivity contribution in [2.75, 3.05) is 34.8 Å². The van der Waals surface area contributed by atoms with E-state index in [2.05, 4.69) is 4.90 Å². The number of nitrogens with zero attached hydrogens (tertiary/aromatic N) is 4. The highest BCUT2D eigenvalue weighted by Crippen LogP contribution is 2.64. The number of hydrogen-bond acceptors (Lipinski definition) is 6. The molecule has 2 saturated heterocycles. The van der Waals surface area contributed by atoms with Crippen LogP contribution in [0.15, 0.2) is 36.4 Å². The van der Waals surface area contributed by atoms with Crippen LogP contribution >= 0.6 is 11.0 Å². The van der Waals surface area contributed by atoms with Crippen LogP contribution in [0.4, 0.5) is 35.0 Å². The van der Waals surface area contributed by atoms with E-state index in [1.54, 1.807) is 18.2 Å². The Morgan fingerprint density at radius 3 is 2.25 bits per heavy atom. The van der Waals surface area contributed by atoms with Crippen molar-refractivity contribution in [1.29, 1.82) is 0 Å². The minimum absolute atomic E-state index is 0.0406. The van der Waals surface area contributed by atoms with Crippen LogP contribution in [0.3, 0.4) is 0 Å². The molecule has 2 aromatic carbocycles. The molecule has 172 valence electrons. The maximum atomic E-state index is 14.6. The van der Waals surface area contributed by atoms with Gasteiger partial charge in [0.15, 0.2) is 11.6 Å². The number of likely N-dealkylation sites (tertiary alicyclic amines) is 2. The number of rotatable bonds is 4. The van der Waals surface area contributed by atoms with Gasteiger partial charge in [-0.05, 0) is 29.5 Å². The summed E-state index contributed by atoms with van der Waals surface area (Å²) in [4.78, 5) is 14.8. The van der Waals surface area contributed by atoms with Crippen LogP contribution in [-0.4, -0.2) is 68.4 Å². The predicted octanol–water partition coefficient (Wildman–Crippen LogP) is 4.08. The van der Waals surface area contributed by atoms with E-state index in [1.165, 1.54) is 15.3 Å². The summed E-state index contributed by atoms with van der Waals surface area (Å²) in [6.45, 7) is 1.47. The Hall–Kier alpha value is -2.67. The van der Waals surface area contributed by atoms with Gasteiger partial charge in [0.1, 0.15) is 11.5 Å².